The van der Waals surface area contributed by atoms with Gasteiger partial charge in [-0.25, -0.2) is 0 Å². The number of carbonyl (C=O) groups excluding carboxylic acids is 1. The number of thioether (sulfide) groups is 1. The zero-order chi connectivity index (χ0) is 20.8. The molecule has 3 rings (SSSR count). The van der Waals surface area contributed by atoms with Gasteiger partial charge in [0.1, 0.15) is 10.9 Å². The number of benzene rings is 2. The van der Waals surface area contributed by atoms with Crippen molar-refractivity contribution in [2.24, 2.45) is 0 Å². The summed E-state index contributed by atoms with van der Waals surface area (Å²) in [4.78, 5) is 15.0. The van der Waals surface area contributed by atoms with Gasteiger partial charge in [0.15, 0.2) is 11.5 Å². The molecule has 0 aromatic heterocycles. The van der Waals surface area contributed by atoms with Crippen molar-refractivity contribution >= 4 is 51.9 Å². The second-order valence-corrected chi connectivity index (χ2v) is 8.18. The molecule has 1 aliphatic heterocycles. The Bertz CT molecular complexity index is 999. The Morgan fingerprint density at radius 2 is 2.07 bits per heavy atom. The lowest BCUT2D eigenvalue weighted by molar-refractivity contribution is -0.122. The molecule has 1 saturated heterocycles. The molecule has 1 heterocycles. The van der Waals surface area contributed by atoms with Crippen LogP contribution in [0.25, 0.3) is 6.08 Å². The SMILES string of the molecule is C#CCOc1c(Cl)cc(/C=C2/SC(=S)N(CCc3ccccc3)C2=O)cc1OC. The first-order valence-corrected chi connectivity index (χ1v) is 10.4. The van der Waals surface area contributed by atoms with Gasteiger partial charge in [-0.2, -0.15) is 0 Å². The predicted molar refractivity (Wildman–Crippen MR) is 122 cm³/mol. The summed E-state index contributed by atoms with van der Waals surface area (Å²) in [7, 11) is 1.52. The number of thiocarbonyl (C=S) groups is 1. The normalized spacial score (nSPS) is 14.9. The van der Waals surface area contributed by atoms with Gasteiger partial charge in [0.25, 0.3) is 5.91 Å². The van der Waals surface area contributed by atoms with E-state index in [4.69, 9.17) is 39.7 Å². The van der Waals surface area contributed by atoms with E-state index in [2.05, 4.69) is 5.92 Å². The number of nitrogens with zero attached hydrogens (tertiary/aromatic N) is 1. The fraction of sp³-hybridized carbons (Fsp3) is 0.182. The van der Waals surface area contributed by atoms with Crippen molar-refractivity contribution < 1.29 is 14.3 Å². The Balaban J connectivity index is 1.78. The molecule has 0 aliphatic carbocycles. The number of halogens is 1. The third kappa shape index (κ3) is 5.13. The number of hydrogen-bond acceptors (Lipinski definition) is 5. The minimum absolute atomic E-state index is 0.0789. The van der Waals surface area contributed by atoms with E-state index in [1.807, 2.05) is 30.3 Å². The van der Waals surface area contributed by atoms with E-state index in [1.54, 1.807) is 23.1 Å². The molecule has 0 radical (unpaired) electrons. The lowest BCUT2D eigenvalue weighted by atomic mass is 10.1. The Morgan fingerprint density at radius 1 is 1.31 bits per heavy atom. The number of rotatable bonds is 7. The van der Waals surface area contributed by atoms with Crippen LogP contribution in [0, 0.1) is 12.3 Å². The summed E-state index contributed by atoms with van der Waals surface area (Å²) >= 11 is 13.0. The van der Waals surface area contributed by atoms with Gasteiger partial charge in [0, 0.05) is 6.54 Å². The van der Waals surface area contributed by atoms with E-state index >= 15 is 0 Å². The molecule has 29 heavy (non-hydrogen) atoms. The molecular weight excluding hydrogens is 426 g/mol. The molecule has 2 aromatic carbocycles. The summed E-state index contributed by atoms with van der Waals surface area (Å²) in [6, 6.07) is 13.4. The van der Waals surface area contributed by atoms with Gasteiger partial charge < -0.3 is 9.47 Å². The fourth-order valence-electron chi connectivity index (χ4n) is 2.81. The Kier molecular flexibility index (Phi) is 7.21. The van der Waals surface area contributed by atoms with Gasteiger partial charge in [0.2, 0.25) is 0 Å². The van der Waals surface area contributed by atoms with Crippen LogP contribution in [0.15, 0.2) is 47.4 Å². The highest BCUT2D eigenvalue weighted by Crippen LogP contribution is 2.39. The van der Waals surface area contributed by atoms with Gasteiger partial charge in [-0.15, -0.1) is 6.42 Å². The second-order valence-electron chi connectivity index (χ2n) is 6.10. The van der Waals surface area contributed by atoms with Crippen LogP contribution in [-0.4, -0.2) is 35.4 Å². The number of hydrogen-bond donors (Lipinski definition) is 0. The number of amides is 1. The summed E-state index contributed by atoms with van der Waals surface area (Å²) < 4.78 is 11.3. The maximum absolute atomic E-state index is 12.8. The van der Waals surface area contributed by atoms with Crippen LogP contribution in [0.3, 0.4) is 0 Å². The lowest BCUT2D eigenvalue weighted by Crippen LogP contribution is -2.30. The van der Waals surface area contributed by atoms with Crippen LogP contribution in [-0.2, 0) is 11.2 Å². The van der Waals surface area contributed by atoms with E-state index < -0.39 is 0 Å². The Labute approximate surface area is 184 Å². The van der Waals surface area contributed by atoms with Gasteiger partial charge in [0.05, 0.1) is 17.0 Å². The highest BCUT2D eigenvalue weighted by atomic mass is 35.5. The molecule has 0 saturated carbocycles. The Morgan fingerprint density at radius 3 is 2.76 bits per heavy atom. The summed E-state index contributed by atoms with van der Waals surface area (Å²) in [6.45, 7) is 0.616. The van der Waals surface area contributed by atoms with Crippen LogP contribution in [0.5, 0.6) is 11.5 Å². The largest absolute Gasteiger partial charge is 0.493 e. The zero-order valence-electron chi connectivity index (χ0n) is 15.7. The average Bonchev–Trinajstić information content (AvgIpc) is 2.98. The highest BCUT2D eigenvalue weighted by Gasteiger charge is 2.31. The van der Waals surface area contributed by atoms with Crippen molar-refractivity contribution in [2.75, 3.05) is 20.3 Å². The van der Waals surface area contributed by atoms with Crippen molar-refractivity contribution in [3.63, 3.8) is 0 Å². The summed E-state index contributed by atoms with van der Waals surface area (Å²) in [5.41, 5.74) is 1.87. The molecule has 4 nitrogen and oxygen atoms in total. The first-order chi connectivity index (χ1) is 14.0. The fourth-order valence-corrected chi connectivity index (χ4v) is 4.39. The number of ether oxygens (including phenoxy) is 2. The monoisotopic (exact) mass is 443 g/mol. The molecule has 0 atom stereocenters. The molecule has 2 aromatic rings. The zero-order valence-corrected chi connectivity index (χ0v) is 18.1. The molecule has 1 amide bonds. The number of terminal acetylenes is 1. The van der Waals surface area contributed by atoms with Crippen LogP contribution < -0.4 is 9.47 Å². The predicted octanol–water partition coefficient (Wildman–Crippen LogP) is 4.80. The Hall–Kier alpha value is -2.46. The third-order valence-electron chi connectivity index (χ3n) is 4.19. The smallest absolute Gasteiger partial charge is 0.266 e. The molecular formula is C22H18ClNO3S2. The molecule has 0 spiro atoms. The van der Waals surface area contributed by atoms with Crippen molar-refractivity contribution in [3.05, 3.63) is 63.5 Å². The van der Waals surface area contributed by atoms with Crippen LogP contribution in [0.2, 0.25) is 5.02 Å². The number of carbonyl (C=O) groups is 1. The molecule has 1 fully saturated rings. The van der Waals surface area contributed by atoms with Crippen LogP contribution in [0.4, 0.5) is 0 Å². The summed E-state index contributed by atoms with van der Waals surface area (Å²) in [6.07, 6.45) is 7.72. The van der Waals surface area contributed by atoms with Crippen LogP contribution in [0.1, 0.15) is 11.1 Å². The van der Waals surface area contributed by atoms with Gasteiger partial charge in [-0.05, 0) is 35.8 Å². The molecule has 7 heteroatoms. The molecule has 0 bridgehead atoms. The average molecular weight is 444 g/mol. The van der Waals surface area contributed by atoms with E-state index in [0.29, 0.717) is 37.9 Å². The topological polar surface area (TPSA) is 38.8 Å². The van der Waals surface area contributed by atoms with Crippen molar-refractivity contribution in [2.45, 2.75) is 6.42 Å². The summed E-state index contributed by atoms with van der Waals surface area (Å²) in [5.74, 6) is 3.10. The van der Waals surface area contributed by atoms with Crippen molar-refractivity contribution in [1.82, 2.24) is 4.90 Å². The summed E-state index contributed by atoms with van der Waals surface area (Å²) in [5, 5.41) is 0.352. The van der Waals surface area contributed by atoms with E-state index in [0.717, 1.165) is 12.0 Å². The maximum atomic E-state index is 12.8. The third-order valence-corrected chi connectivity index (χ3v) is 5.85. The van der Waals surface area contributed by atoms with E-state index in [-0.39, 0.29) is 12.5 Å². The molecule has 0 N–H and O–H groups in total. The first-order valence-electron chi connectivity index (χ1n) is 8.76. The molecule has 0 unspecified atom stereocenters. The lowest BCUT2D eigenvalue weighted by Gasteiger charge is -2.14. The van der Waals surface area contributed by atoms with E-state index in [1.165, 1.54) is 18.9 Å². The standard InChI is InChI=1S/C22H18ClNO3S2/c1-3-11-27-20-17(23)12-16(13-18(20)26-2)14-19-21(25)24(22(28)29-19)10-9-15-7-5-4-6-8-15/h1,4-8,12-14H,9-11H2,2H3/b19-14+. The minimum atomic E-state index is -0.112. The first kappa shape index (κ1) is 21.3. The highest BCUT2D eigenvalue weighted by molar-refractivity contribution is 8.26. The molecule has 1 aliphatic rings. The van der Waals surface area contributed by atoms with Gasteiger partial charge >= 0.3 is 0 Å². The van der Waals surface area contributed by atoms with Gasteiger partial charge in [-0.1, -0.05) is 71.8 Å². The quantitative estimate of drug-likeness (QED) is 0.349. The molecule has 148 valence electrons. The minimum Gasteiger partial charge on any atom is -0.493 e. The van der Waals surface area contributed by atoms with Crippen LogP contribution >= 0.6 is 35.6 Å². The van der Waals surface area contributed by atoms with Gasteiger partial charge in [-0.3, -0.25) is 9.69 Å². The second kappa shape index (κ2) is 9.84. The van der Waals surface area contributed by atoms with Crippen molar-refractivity contribution in [3.8, 4) is 23.8 Å². The number of methoxy groups -OCH3 is 1. The van der Waals surface area contributed by atoms with Crippen molar-refractivity contribution in [1.29, 1.82) is 0 Å². The van der Waals surface area contributed by atoms with E-state index in [9.17, 15) is 4.79 Å². The maximum Gasteiger partial charge on any atom is 0.266 e.